The number of para-hydroxylation sites is 1. The van der Waals surface area contributed by atoms with Gasteiger partial charge in [-0.1, -0.05) is 18.2 Å². The van der Waals surface area contributed by atoms with Gasteiger partial charge >= 0.3 is 5.97 Å². The third-order valence-corrected chi connectivity index (χ3v) is 2.32. The van der Waals surface area contributed by atoms with E-state index in [0.29, 0.717) is 17.1 Å². The van der Waals surface area contributed by atoms with Crippen LogP contribution in [0.4, 0.5) is 5.82 Å². The zero-order chi connectivity index (χ0) is 12.3. The first-order valence-electron chi connectivity index (χ1n) is 5.16. The molecular weight excluding hydrogens is 216 g/mol. The number of hydrogen-bond acceptors (Lipinski definition) is 4. The molecule has 0 saturated heterocycles. The number of anilines is 1. The van der Waals surface area contributed by atoms with Crippen molar-refractivity contribution in [3.05, 3.63) is 53.7 Å². The summed E-state index contributed by atoms with van der Waals surface area (Å²) < 4.78 is 5.25. The lowest BCUT2D eigenvalue weighted by atomic mass is 10.2. The molecular formula is C13H12N2O2. The second-order valence-corrected chi connectivity index (χ2v) is 3.63. The van der Waals surface area contributed by atoms with Crippen molar-refractivity contribution >= 4 is 11.8 Å². The van der Waals surface area contributed by atoms with Gasteiger partial charge in [-0.3, -0.25) is 0 Å². The molecule has 0 amide bonds. The van der Waals surface area contributed by atoms with Gasteiger partial charge in [-0.2, -0.15) is 0 Å². The van der Waals surface area contributed by atoms with Crippen LogP contribution in [0, 0.1) is 6.92 Å². The van der Waals surface area contributed by atoms with Crippen molar-refractivity contribution in [3.8, 4) is 5.75 Å². The maximum Gasteiger partial charge on any atom is 0.345 e. The minimum Gasteiger partial charge on any atom is -0.423 e. The normalized spacial score (nSPS) is 9.94. The number of benzene rings is 1. The Morgan fingerprint density at radius 1 is 1.24 bits per heavy atom. The molecule has 0 aliphatic carbocycles. The van der Waals surface area contributed by atoms with E-state index >= 15 is 0 Å². The van der Waals surface area contributed by atoms with E-state index in [1.165, 1.54) is 6.20 Å². The van der Waals surface area contributed by atoms with Gasteiger partial charge in [-0.05, 0) is 30.7 Å². The molecule has 17 heavy (non-hydrogen) atoms. The molecule has 86 valence electrons. The van der Waals surface area contributed by atoms with Crippen LogP contribution in [0.25, 0.3) is 0 Å². The largest absolute Gasteiger partial charge is 0.423 e. The summed E-state index contributed by atoms with van der Waals surface area (Å²) in [5, 5.41) is 0. The number of nitrogens with two attached hydrogens (primary N) is 1. The molecule has 1 heterocycles. The molecule has 0 unspecified atom stereocenters. The van der Waals surface area contributed by atoms with Gasteiger partial charge in [-0.25, -0.2) is 9.78 Å². The Bertz CT molecular complexity index is 535. The predicted molar refractivity (Wildman–Crippen MR) is 64.8 cm³/mol. The number of aromatic nitrogens is 1. The lowest BCUT2D eigenvalue weighted by Crippen LogP contribution is -2.09. The highest BCUT2D eigenvalue weighted by Gasteiger charge is 2.09. The Hall–Kier alpha value is -2.36. The lowest BCUT2D eigenvalue weighted by molar-refractivity contribution is 0.0733. The Morgan fingerprint density at radius 3 is 2.65 bits per heavy atom. The summed E-state index contributed by atoms with van der Waals surface area (Å²) in [5.41, 5.74) is 6.72. The average Bonchev–Trinajstić information content (AvgIpc) is 2.33. The van der Waals surface area contributed by atoms with Gasteiger partial charge in [0.25, 0.3) is 0 Å². The van der Waals surface area contributed by atoms with Crippen LogP contribution in [0.3, 0.4) is 0 Å². The molecule has 0 saturated carbocycles. The summed E-state index contributed by atoms with van der Waals surface area (Å²) in [6.45, 7) is 1.88. The van der Waals surface area contributed by atoms with E-state index in [1.807, 2.05) is 25.1 Å². The van der Waals surface area contributed by atoms with Gasteiger partial charge in [0.2, 0.25) is 0 Å². The van der Waals surface area contributed by atoms with E-state index in [1.54, 1.807) is 18.2 Å². The summed E-state index contributed by atoms with van der Waals surface area (Å²) >= 11 is 0. The summed E-state index contributed by atoms with van der Waals surface area (Å²) in [5.74, 6) is 0.485. The maximum absolute atomic E-state index is 11.8. The highest BCUT2D eigenvalue weighted by atomic mass is 16.5. The van der Waals surface area contributed by atoms with Gasteiger partial charge in [0, 0.05) is 6.20 Å². The SMILES string of the molecule is Cc1ccccc1OC(=O)c1ccc(N)nc1. The van der Waals surface area contributed by atoms with Crippen molar-refractivity contribution in [2.45, 2.75) is 6.92 Å². The van der Waals surface area contributed by atoms with E-state index in [2.05, 4.69) is 4.98 Å². The third kappa shape index (κ3) is 2.60. The monoisotopic (exact) mass is 228 g/mol. The van der Waals surface area contributed by atoms with Crippen molar-refractivity contribution in [2.24, 2.45) is 0 Å². The van der Waals surface area contributed by atoms with Crippen LogP contribution in [0.5, 0.6) is 5.75 Å². The standard InChI is InChI=1S/C13H12N2O2/c1-9-4-2-3-5-11(9)17-13(16)10-6-7-12(14)15-8-10/h2-8H,1H3,(H2,14,15). The molecule has 2 N–H and O–H groups in total. The summed E-state index contributed by atoms with van der Waals surface area (Å²) in [7, 11) is 0. The first kappa shape index (κ1) is 11.1. The number of rotatable bonds is 2. The number of carbonyl (C=O) groups excluding carboxylic acids is 1. The Balaban J connectivity index is 2.17. The molecule has 1 aromatic carbocycles. The van der Waals surface area contributed by atoms with Gasteiger partial charge < -0.3 is 10.5 Å². The third-order valence-electron chi connectivity index (χ3n) is 2.32. The lowest BCUT2D eigenvalue weighted by Gasteiger charge is -2.06. The van der Waals surface area contributed by atoms with E-state index in [4.69, 9.17) is 10.5 Å². The number of carbonyl (C=O) groups is 1. The molecule has 0 aliphatic heterocycles. The Labute approximate surface area is 99.1 Å². The first-order valence-corrected chi connectivity index (χ1v) is 5.16. The first-order chi connectivity index (χ1) is 8.16. The fourth-order valence-electron chi connectivity index (χ4n) is 1.36. The Morgan fingerprint density at radius 2 is 2.00 bits per heavy atom. The molecule has 0 radical (unpaired) electrons. The van der Waals surface area contributed by atoms with Crippen molar-refractivity contribution in [1.82, 2.24) is 4.98 Å². The summed E-state index contributed by atoms with van der Waals surface area (Å²) in [4.78, 5) is 15.6. The molecule has 0 atom stereocenters. The molecule has 2 rings (SSSR count). The van der Waals surface area contributed by atoms with Crippen LogP contribution >= 0.6 is 0 Å². The number of pyridine rings is 1. The van der Waals surface area contributed by atoms with Crippen LogP contribution in [-0.2, 0) is 0 Å². The zero-order valence-electron chi connectivity index (χ0n) is 9.38. The number of esters is 1. The molecule has 4 nitrogen and oxygen atoms in total. The van der Waals surface area contributed by atoms with E-state index in [0.717, 1.165) is 5.56 Å². The van der Waals surface area contributed by atoms with Crippen molar-refractivity contribution in [1.29, 1.82) is 0 Å². The van der Waals surface area contributed by atoms with Gasteiger partial charge in [0.1, 0.15) is 11.6 Å². The molecule has 1 aromatic heterocycles. The van der Waals surface area contributed by atoms with Gasteiger partial charge in [0.15, 0.2) is 0 Å². The number of hydrogen-bond donors (Lipinski definition) is 1. The average molecular weight is 228 g/mol. The minimum atomic E-state index is -0.438. The second kappa shape index (κ2) is 4.65. The van der Waals surface area contributed by atoms with E-state index < -0.39 is 5.97 Å². The van der Waals surface area contributed by atoms with Crippen LogP contribution in [0.15, 0.2) is 42.6 Å². The number of nitrogen functional groups attached to an aromatic ring is 1. The number of aryl methyl sites for hydroxylation is 1. The van der Waals surface area contributed by atoms with Crippen LogP contribution in [0.2, 0.25) is 0 Å². The summed E-state index contributed by atoms with van der Waals surface area (Å²) in [6.07, 6.45) is 1.40. The fraction of sp³-hybridized carbons (Fsp3) is 0.0769. The summed E-state index contributed by atoms with van der Waals surface area (Å²) in [6, 6.07) is 10.5. The van der Waals surface area contributed by atoms with Crippen LogP contribution in [-0.4, -0.2) is 11.0 Å². The van der Waals surface area contributed by atoms with Gasteiger partial charge in [0.05, 0.1) is 5.56 Å². The van der Waals surface area contributed by atoms with Crippen molar-refractivity contribution in [3.63, 3.8) is 0 Å². The molecule has 0 spiro atoms. The molecule has 0 aliphatic rings. The van der Waals surface area contributed by atoms with Crippen molar-refractivity contribution in [2.75, 3.05) is 5.73 Å². The van der Waals surface area contributed by atoms with E-state index in [-0.39, 0.29) is 0 Å². The molecule has 0 fully saturated rings. The second-order valence-electron chi connectivity index (χ2n) is 3.63. The fourth-order valence-corrected chi connectivity index (χ4v) is 1.36. The maximum atomic E-state index is 11.8. The van der Waals surface area contributed by atoms with Gasteiger partial charge in [-0.15, -0.1) is 0 Å². The quantitative estimate of drug-likeness (QED) is 0.632. The highest BCUT2D eigenvalue weighted by molar-refractivity contribution is 5.91. The van der Waals surface area contributed by atoms with E-state index in [9.17, 15) is 4.79 Å². The number of nitrogens with zero attached hydrogens (tertiary/aromatic N) is 1. The minimum absolute atomic E-state index is 0.373. The van der Waals surface area contributed by atoms with Crippen molar-refractivity contribution < 1.29 is 9.53 Å². The van der Waals surface area contributed by atoms with Crippen LogP contribution in [0.1, 0.15) is 15.9 Å². The molecule has 2 aromatic rings. The zero-order valence-corrected chi connectivity index (χ0v) is 9.38. The molecule has 4 heteroatoms. The smallest absolute Gasteiger partial charge is 0.345 e. The Kier molecular flexibility index (Phi) is 3.05. The topological polar surface area (TPSA) is 65.2 Å². The highest BCUT2D eigenvalue weighted by Crippen LogP contribution is 2.17. The number of ether oxygens (including phenoxy) is 1. The van der Waals surface area contributed by atoms with Crippen LogP contribution < -0.4 is 10.5 Å². The predicted octanol–water partition coefficient (Wildman–Crippen LogP) is 2.19. The molecule has 0 bridgehead atoms.